The smallest absolute Gasteiger partial charge is 0.217 e. The average molecular weight is 332 g/mol. The molecule has 0 aromatic heterocycles. The molecule has 1 rings (SSSR count). The summed E-state index contributed by atoms with van der Waals surface area (Å²) in [5.74, 6) is 0.363. The summed E-state index contributed by atoms with van der Waals surface area (Å²) in [4.78, 5) is 22.6. The molecule has 0 spiro atoms. The monoisotopic (exact) mass is 332 g/mol. The summed E-state index contributed by atoms with van der Waals surface area (Å²) in [7, 11) is 0. The molecule has 1 aromatic rings. The van der Waals surface area contributed by atoms with Gasteiger partial charge in [0.2, 0.25) is 5.91 Å². The van der Waals surface area contributed by atoms with Crippen LogP contribution in [0.1, 0.15) is 57.9 Å². The summed E-state index contributed by atoms with van der Waals surface area (Å²) in [6, 6.07) is 10.6. The molecular weight excluding hydrogens is 300 g/mol. The number of hydrogen-bond acceptors (Lipinski definition) is 3. The predicted molar refractivity (Wildman–Crippen MR) is 99.0 cm³/mol. The minimum absolute atomic E-state index is 0.0195. The lowest BCUT2D eigenvalue weighted by molar-refractivity contribution is -0.120. The molecule has 1 aromatic carbocycles. The Labute approximate surface area is 146 Å². The standard InChI is InChI=1S/C20H32N2O2/c1-3-20(24)13-9-5-8-12-19(22-17(2)23)16-21-15-14-18-10-6-4-7-11-18/h4,6-7,10-11,19,21H,3,5,8-9,12-16H2,1-2H3,(H,22,23)/t19-/m0/s1. The van der Waals surface area contributed by atoms with Gasteiger partial charge in [0.25, 0.3) is 0 Å². The highest BCUT2D eigenvalue weighted by Crippen LogP contribution is 2.07. The van der Waals surface area contributed by atoms with E-state index in [0.29, 0.717) is 18.6 Å². The molecule has 0 aliphatic carbocycles. The van der Waals surface area contributed by atoms with Crippen molar-refractivity contribution < 1.29 is 9.59 Å². The van der Waals surface area contributed by atoms with E-state index in [1.54, 1.807) is 6.92 Å². The molecule has 0 aliphatic rings. The van der Waals surface area contributed by atoms with Gasteiger partial charge in [-0.3, -0.25) is 9.59 Å². The van der Waals surface area contributed by atoms with Crippen molar-refractivity contribution in [1.82, 2.24) is 10.6 Å². The molecule has 0 unspecified atom stereocenters. The van der Waals surface area contributed by atoms with Gasteiger partial charge in [0.15, 0.2) is 0 Å². The Kier molecular flexibility index (Phi) is 10.8. The SMILES string of the molecule is CCC(=O)CCCCC[C@@H](CNCCc1ccccc1)NC(C)=O. The first-order valence-corrected chi connectivity index (χ1v) is 9.15. The van der Waals surface area contributed by atoms with Crippen LogP contribution in [-0.4, -0.2) is 30.8 Å². The zero-order valence-corrected chi connectivity index (χ0v) is 15.1. The number of amides is 1. The van der Waals surface area contributed by atoms with Crippen molar-refractivity contribution >= 4 is 11.7 Å². The van der Waals surface area contributed by atoms with Gasteiger partial charge < -0.3 is 10.6 Å². The van der Waals surface area contributed by atoms with Crippen LogP contribution in [0.25, 0.3) is 0 Å². The third-order valence-corrected chi connectivity index (χ3v) is 4.13. The second kappa shape index (κ2) is 12.7. The van der Waals surface area contributed by atoms with Gasteiger partial charge in [-0.1, -0.05) is 50.1 Å². The Morgan fingerprint density at radius 3 is 2.50 bits per heavy atom. The van der Waals surface area contributed by atoms with Crippen molar-refractivity contribution in [3.05, 3.63) is 35.9 Å². The van der Waals surface area contributed by atoms with Crippen LogP contribution in [0.4, 0.5) is 0 Å². The lowest BCUT2D eigenvalue weighted by Gasteiger charge is -2.18. The van der Waals surface area contributed by atoms with Crippen LogP contribution in [0.2, 0.25) is 0 Å². The number of ketones is 1. The number of carbonyl (C=O) groups excluding carboxylic acids is 2. The Morgan fingerprint density at radius 2 is 1.83 bits per heavy atom. The molecule has 4 nitrogen and oxygen atoms in total. The predicted octanol–water partition coefficient (Wildman–Crippen LogP) is 3.25. The van der Waals surface area contributed by atoms with Crippen LogP contribution in [0.3, 0.4) is 0 Å². The second-order valence-corrected chi connectivity index (χ2v) is 6.33. The zero-order chi connectivity index (χ0) is 17.6. The van der Waals surface area contributed by atoms with Gasteiger partial charge in [-0.05, 0) is 31.4 Å². The molecule has 0 aliphatic heterocycles. The summed E-state index contributed by atoms with van der Waals surface area (Å²) in [6.45, 7) is 5.18. The van der Waals surface area contributed by atoms with Crippen molar-refractivity contribution in [3.8, 4) is 0 Å². The van der Waals surface area contributed by atoms with E-state index in [4.69, 9.17) is 0 Å². The number of rotatable bonds is 13. The van der Waals surface area contributed by atoms with E-state index in [1.165, 1.54) is 5.56 Å². The van der Waals surface area contributed by atoms with Gasteiger partial charge in [-0.15, -0.1) is 0 Å². The third-order valence-electron chi connectivity index (χ3n) is 4.13. The third kappa shape index (κ3) is 10.2. The van der Waals surface area contributed by atoms with E-state index < -0.39 is 0 Å². The molecule has 0 heterocycles. The molecule has 0 radical (unpaired) electrons. The van der Waals surface area contributed by atoms with E-state index >= 15 is 0 Å². The topological polar surface area (TPSA) is 58.2 Å². The van der Waals surface area contributed by atoms with Crippen LogP contribution in [-0.2, 0) is 16.0 Å². The van der Waals surface area contributed by atoms with E-state index in [1.807, 2.05) is 13.0 Å². The van der Waals surface area contributed by atoms with Crippen molar-refractivity contribution in [1.29, 1.82) is 0 Å². The minimum Gasteiger partial charge on any atom is -0.352 e. The maximum absolute atomic E-state index is 11.3. The number of carbonyl (C=O) groups is 2. The van der Waals surface area contributed by atoms with Crippen molar-refractivity contribution in [2.75, 3.05) is 13.1 Å². The van der Waals surface area contributed by atoms with E-state index in [-0.39, 0.29) is 11.9 Å². The quantitative estimate of drug-likeness (QED) is 0.545. The van der Waals surface area contributed by atoms with Crippen LogP contribution in [0.15, 0.2) is 30.3 Å². The number of benzene rings is 1. The number of unbranched alkanes of at least 4 members (excludes halogenated alkanes) is 2. The second-order valence-electron chi connectivity index (χ2n) is 6.33. The Balaban J connectivity index is 2.19. The van der Waals surface area contributed by atoms with Crippen molar-refractivity contribution in [3.63, 3.8) is 0 Å². The van der Waals surface area contributed by atoms with E-state index in [9.17, 15) is 9.59 Å². The van der Waals surface area contributed by atoms with E-state index in [0.717, 1.165) is 45.2 Å². The first-order valence-electron chi connectivity index (χ1n) is 9.15. The Morgan fingerprint density at radius 1 is 1.08 bits per heavy atom. The molecule has 134 valence electrons. The van der Waals surface area contributed by atoms with Gasteiger partial charge >= 0.3 is 0 Å². The summed E-state index contributed by atoms with van der Waals surface area (Å²) in [5, 5.41) is 6.46. The fourth-order valence-electron chi connectivity index (χ4n) is 2.73. The fourth-order valence-corrected chi connectivity index (χ4v) is 2.73. The van der Waals surface area contributed by atoms with Crippen LogP contribution in [0.5, 0.6) is 0 Å². The molecule has 1 atom stereocenters. The highest BCUT2D eigenvalue weighted by molar-refractivity contribution is 5.77. The molecular formula is C20H32N2O2. The van der Waals surface area contributed by atoms with E-state index in [2.05, 4.69) is 34.9 Å². The molecule has 0 fully saturated rings. The number of nitrogens with one attached hydrogen (secondary N) is 2. The zero-order valence-electron chi connectivity index (χ0n) is 15.1. The first kappa shape index (κ1) is 20.4. The summed E-state index contributed by atoms with van der Waals surface area (Å²) in [5.41, 5.74) is 1.32. The lowest BCUT2D eigenvalue weighted by atomic mass is 10.0. The summed E-state index contributed by atoms with van der Waals surface area (Å²) >= 11 is 0. The largest absolute Gasteiger partial charge is 0.352 e. The highest BCUT2D eigenvalue weighted by Gasteiger charge is 2.09. The lowest BCUT2D eigenvalue weighted by Crippen LogP contribution is -2.41. The number of hydrogen-bond donors (Lipinski definition) is 2. The number of Topliss-reactive ketones (excluding diaryl/α,β-unsaturated/α-hetero) is 1. The van der Waals surface area contributed by atoms with Gasteiger partial charge in [-0.2, -0.15) is 0 Å². The molecule has 1 amide bonds. The first-order chi connectivity index (χ1) is 11.6. The Hall–Kier alpha value is -1.68. The van der Waals surface area contributed by atoms with Crippen LogP contribution < -0.4 is 10.6 Å². The molecule has 24 heavy (non-hydrogen) atoms. The molecule has 0 saturated carbocycles. The van der Waals surface area contributed by atoms with Gasteiger partial charge in [0.05, 0.1) is 0 Å². The maximum atomic E-state index is 11.3. The molecule has 0 saturated heterocycles. The highest BCUT2D eigenvalue weighted by atomic mass is 16.1. The fraction of sp³-hybridized carbons (Fsp3) is 0.600. The molecule has 2 N–H and O–H groups in total. The van der Waals surface area contributed by atoms with Gasteiger partial charge in [0.1, 0.15) is 5.78 Å². The Bertz CT molecular complexity index is 474. The molecule has 4 heteroatoms. The average Bonchev–Trinajstić information content (AvgIpc) is 2.58. The summed E-state index contributed by atoms with van der Waals surface area (Å²) in [6.07, 6.45) is 6.33. The molecule has 0 bridgehead atoms. The minimum atomic E-state index is 0.0195. The van der Waals surface area contributed by atoms with Crippen LogP contribution >= 0.6 is 0 Å². The van der Waals surface area contributed by atoms with Gasteiger partial charge in [0, 0.05) is 32.4 Å². The van der Waals surface area contributed by atoms with Crippen molar-refractivity contribution in [2.24, 2.45) is 0 Å². The van der Waals surface area contributed by atoms with Crippen molar-refractivity contribution in [2.45, 2.75) is 64.8 Å². The normalized spacial score (nSPS) is 11.9. The maximum Gasteiger partial charge on any atom is 0.217 e. The van der Waals surface area contributed by atoms with Crippen LogP contribution in [0, 0.1) is 0 Å². The summed E-state index contributed by atoms with van der Waals surface area (Å²) < 4.78 is 0. The van der Waals surface area contributed by atoms with Gasteiger partial charge in [-0.25, -0.2) is 0 Å².